The molecule has 1 heterocycles. The van der Waals surface area contributed by atoms with E-state index in [2.05, 4.69) is 26.9 Å². The van der Waals surface area contributed by atoms with Crippen LogP contribution in [0.2, 0.25) is 0 Å². The molecule has 0 saturated carbocycles. The third-order valence-corrected chi connectivity index (χ3v) is 6.15. The zero-order chi connectivity index (χ0) is 20.4. The van der Waals surface area contributed by atoms with Gasteiger partial charge in [-0.3, -0.25) is 0 Å². The van der Waals surface area contributed by atoms with Crippen LogP contribution in [0.4, 0.5) is 0 Å². The Kier molecular flexibility index (Phi) is 12.1. The molecule has 0 aromatic heterocycles. The number of benzene rings is 1. The molecule has 0 spiro atoms. The van der Waals surface area contributed by atoms with Gasteiger partial charge in [0.2, 0.25) is 10.0 Å². The van der Waals surface area contributed by atoms with Crippen LogP contribution < -0.4 is 10.0 Å². The van der Waals surface area contributed by atoms with Gasteiger partial charge in [0.05, 0.1) is 17.5 Å². The number of hydrogen-bond donors (Lipinski definition) is 2. The Morgan fingerprint density at radius 2 is 2.00 bits per heavy atom. The zero-order valence-corrected chi connectivity index (χ0v) is 20.8. The SMILES string of the molecule is CCCCN(C)C(=NCc1ccc(S(=O)(=O)NCC2CCCO2)cc1)NCC.I. The molecule has 2 rings (SSSR count). The molecule has 29 heavy (non-hydrogen) atoms. The minimum Gasteiger partial charge on any atom is -0.377 e. The molecule has 1 atom stereocenters. The summed E-state index contributed by atoms with van der Waals surface area (Å²) in [4.78, 5) is 7.06. The molecule has 1 saturated heterocycles. The maximum absolute atomic E-state index is 12.4. The van der Waals surface area contributed by atoms with Crippen LogP contribution in [-0.2, 0) is 21.3 Å². The van der Waals surface area contributed by atoms with E-state index in [1.807, 2.05) is 26.1 Å². The van der Waals surface area contributed by atoms with Gasteiger partial charge in [-0.25, -0.2) is 18.1 Å². The topological polar surface area (TPSA) is 83.0 Å². The number of halogens is 1. The molecule has 1 unspecified atom stereocenters. The minimum absolute atomic E-state index is 0. The second-order valence-electron chi connectivity index (χ2n) is 7.08. The summed E-state index contributed by atoms with van der Waals surface area (Å²) in [5.41, 5.74) is 0.970. The summed E-state index contributed by atoms with van der Waals surface area (Å²) in [7, 11) is -1.48. The largest absolute Gasteiger partial charge is 0.377 e. The van der Waals surface area contributed by atoms with Crippen LogP contribution >= 0.6 is 24.0 Å². The molecule has 0 aliphatic carbocycles. The van der Waals surface area contributed by atoms with Gasteiger partial charge in [-0.15, -0.1) is 24.0 Å². The van der Waals surface area contributed by atoms with Crippen LogP contribution in [0, 0.1) is 0 Å². The number of unbranched alkanes of at least 4 members (excludes halogenated alkanes) is 1. The molecule has 1 fully saturated rings. The highest BCUT2D eigenvalue weighted by atomic mass is 127. The van der Waals surface area contributed by atoms with Crippen molar-refractivity contribution >= 4 is 40.0 Å². The van der Waals surface area contributed by atoms with Gasteiger partial charge in [-0.05, 0) is 43.9 Å². The second-order valence-corrected chi connectivity index (χ2v) is 8.84. The molecule has 0 amide bonds. The fraction of sp³-hybridized carbons (Fsp3) is 0.650. The lowest BCUT2D eigenvalue weighted by Gasteiger charge is -2.21. The lowest BCUT2D eigenvalue weighted by molar-refractivity contribution is 0.114. The Labute approximate surface area is 192 Å². The summed E-state index contributed by atoms with van der Waals surface area (Å²) in [6, 6.07) is 6.91. The quantitative estimate of drug-likeness (QED) is 0.272. The van der Waals surface area contributed by atoms with E-state index in [9.17, 15) is 8.42 Å². The molecule has 7 nitrogen and oxygen atoms in total. The van der Waals surface area contributed by atoms with Gasteiger partial charge in [0.1, 0.15) is 0 Å². The van der Waals surface area contributed by atoms with E-state index in [1.54, 1.807) is 12.1 Å². The van der Waals surface area contributed by atoms with Crippen molar-refractivity contribution in [1.82, 2.24) is 14.9 Å². The molecular formula is C20H35IN4O3S. The summed E-state index contributed by atoms with van der Waals surface area (Å²) in [5, 5.41) is 3.30. The van der Waals surface area contributed by atoms with Gasteiger partial charge >= 0.3 is 0 Å². The summed E-state index contributed by atoms with van der Waals surface area (Å²) < 4.78 is 33.0. The minimum atomic E-state index is -3.51. The van der Waals surface area contributed by atoms with E-state index in [1.165, 1.54) is 0 Å². The van der Waals surface area contributed by atoms with Gasteiger partial charge in [0.25, 0.3) is 0 Å². The number of hydrogen-bond acceptors (Lipinski definition) is 4. The number of ether oxygens (including phenoxy) is 1. The molecule has 1 aliphatic rings. The van der Waals surface area contributed by atoms with Crippen molar-refractivity contribution in [2.75, 3.05) is 33.3 Å². The van der Waals surface area contributed by atoms with E-state index in [-0.39, 0.29) is 35.0 Å². The average Bonchev–Trinajstić information content (AvgIpc) is 3.22. The Balaban J connectivity index is 0.00000420. The van der Waals surface area contributed by atoms with Crippen molar-refractivity contribution < 1.29 is 13.2 Å². The van der Waals surface area contributed by atoms with E-state index >= 15 is 0 Å². The monoisotopic (exact) mass is 538 g/mol. The first kappa shape index (κ1) is 26.1. The molecule has 1 aromatic carbocycles. The highest BCUT2D eigenvalue weighted by Gasteiger charge is 2.20. The highest BCUT2D eigenvalue weighted by Crippen LogP contribution is 2.14. The van der Waals surface area contributed by atoms with Crippen molar-refractivity contribution in [3.63, 3.8) is 0 Å². The van der Waals surface area contributed by atoms with Crippen molar-refractivity contribution in [3.05, 3.63) is 29.8 Å². The highest BCUT2D eigenvalue weighted by molar-refractivity contribution is 14.0. The third-order valence-electron chi connectivity index (χ3n) is 4.71. The van der Waals surface area contributed by atoms with Gasteiger partial charge in [-0.1, -0.05) is 25.5 Å². The fourth-order valence-corrected chi connectivity index (χ4v) is 4.07. The van der Waals surface area contributed by atoms with Crippen LogP contribution in [0.25, 0.3) is 0 Å². The van der Waals surface area contributed by atoms with E-state index in [0.717, 1.165) is 50.3 Å². The van der Waals surface area contributed by atoms with Crippen LogP contribution in [0.3, 0.4) is 0 Å². The predicted octanol–water partition coefficient (Wildman–Crippen LogP) is 2.96. The first-order valence-corrected chi connectivity index (χ1v) is 11.6. The summed E-state index contributed by atoms with van der Waals surface area (Å²) in [6.45, 7) is 7.52. The molecule has 0 bridgehead atoms. The molecule has 1 aliphatic heterocycles. The van der Waals surface area contributed by atoms with Crippen LogP contribution in [0.5, 0.6) is 0 Å². The Morgan fingerprint density at radius 1 is 1.28 bits per heavy atom. The van der Waals surface area contributed by atoms with Crippen molar-refractivity contribution in [1.29, 1.82) is 0 Å². The van der Waals surface area contributed by atoms with E-state index in [0.29, 0.717) is 19.7 Å². The molecule has 9 heteroatoms. The average molecular weight is 538 g/mol. The van der Waals surface area contributed by atoms with Crippen LogP contribution in [-0.4, -0.2) is 58.7 Å². The number of nitrogens with zero attached hydrogens (tertiary/aromatic N) is 2. The second kappa shape index (κ2) is 13.4. The fourth-order valence-electron chi connectivity index (χ4n) is 3.00. The van der Waals surface area contributed by atoms with Gasteiger partial charge in [0, 0.05) is 33.3 Å². The first-order chi connectivity index (χ1) is 13.5. The predicted molar refractivity (Wildman–Crippen MR) is 128 cm³/mol. The third kappa shape index (κ3) is 8.77. The summed E-state index contributed by atoms with van der Waals surface area (Å²) >= 11 is 0. The van der Waals surface area contributed by atoms with E-state index < -0.39 is 10.0 Å². The zero-order valence-electron chi connectivity index (χ0n) is 17.7. The van der Waals surface area contributed by atoms with Crippen molar-refractivity contribution in [2.45, 2.75) is 57.1 Å². The lowest BCUT2D eigenvalue weighted by Crippen LogP contribution is -2.39. The van der Waals surface area contributed by atoms with Gasteiger partial charge < -0.3 is 15.0 Å². The van der Waals surface area contributed by atoms with E-state index in [4.69, 9.17) is 4.74 Å². The van der Waals surface area contributed by atoms with Crippen molar-refractivity contribution in [3.8, 4) is 0 Å². The molecule has 1 aromatic rings. The summed E-state index contributed by atoms with van der Waals surface area (Å²) in [5.74, 6) is 0.867. The molecule has 166 valence electrons. The van der Waals surface area contributed by atoms with Crippen molar-refractivity contribution in [2.24, 2.45) is 4.99 Å². The maximum atomic E-state index is 12.4. The maximum Gasteiger partial charge on any atom is 0.240 e. The van der Waals surface area contributed by atoms with Crippen LogP contribution in [0.15, 0.2) is 34.2 Å². The first-order valence-electron chi connectivity index (χ1n) is 10.2. The number of guanidine groups is 1. The van der Waals surface area contributed by atoms with Crippen LogP contribution in [0.1, 0.15) is 45.1 Å². The lowest BCUT2D eigenvalue weighted by atomic mass is 10.2. The normalized spacial score (nSPS) is 17.1. The van der Waals surface area contributed by atoms with Gasteiger partial charge in [0.15, 0.2) is 5.96 Å². The molecular weight excluding hydrogens is 503 g/mol. The Bertz CT molecular complexity index is 720. The number of rotatable bonds is 10. The standard InChI is InChI=1S/C20H34N4O3S.HI/c1-4-6-13-24(3)20(21-5-2)22-15-17-9-11-19(12-10-17)28(25,26)23-16-18-8-7-14-27-18;/h9-12,18,23H,4-8,13-16H2,1-3H3,(H,21,22);1H. The number of sulfonamides is 1. The number of nitrogens with one attached hydrogen (secondary N) is 2. The Morgan fingerprint density at radius 3 is 2.59 bits per heavy atom. The summed E-state index contributed by atoms with van der Waals surface area (Å²) in [6.07, 6.45) is 4.13. The van der Waals surface area contributed by atoms with Gasteiger partial charge in [-0.2, -0.15) is 0 Å². The Hall–Kier alpha value is -0.910. The molecule has 2 N–H and O–H groups in total. The molecule has 0 radical (unpaired) electrons. The number of aliphatic imine (C=N–C) groups is 1. The smallest absolute Gasteiger partial charge is 0.240 e.